The fourth-order valence-electron chi connectivity index (χ4n) is 1.65. The van der Waals surface area contributed by atoms with Gasteiger partial charge in [-0.25, -0.2) is 9.97 Å². The molecule has 1 aromatic heterocycles. The minimum absolute atomic E-state index is 0.00152. The van der Waals surface area contributed by atoms with Crippen molar-refractivity contribution >= 4 is 34.9 Å². The largest absolute Gasteiger partial charge is 0.310 e. The summed E-state index contributed by atoms with van der Waals surface area (Å²) in [5, 5.41) is 2.82. The smallest absolute Gasteiger partial charge is 0.229 e. The molecule has 0 fully saturated rings. The molecule has 1 aromatic carbocycles. The predicted molar refractivity (Wildman–Crippen MR) is 75.6 cm³/mol. The van der Waals surface area contributed by atoms with Crippen molar-refractivity contribution in [1.82, 2.24) is 9.97 Å². The first-order chi connectivity index (χ1) is 9.02. The highest BCUT2D eigenvalue weighted by molar-refractivity contribution is 6.32. The molecule has 0 saturated carbocycles. The van der Waals surface area contributed by atoms with E-state index in [1.165, 1.54) is 6.07 Å². The molecule has 0 aliphatic carbocycles. The van der Waals surface area contributed by atoms with Gasteiger partial charge in [-0.2, -0.15) is 0 Å². The molecule has 1 N–H and O–H groups in total. The van der Waals surface area contributed by atoms with Crippen molar-refractivity contribution in [3.63, 3.8) is 0 Å². The normalized spacial score (nSPS) is 10.3. The van der Waals surface area contributed by atoms with Gasteiger partial charge >= 0.3 is 0 Å². The topological polar surface area (TPSA) is 54.9 Å². The van der Waals surface area contributed by atoms with Crippen LogP contribution in [0.25, 0.3) is 0 Å². The van der Waals surface area contributed by atoms with Gasteiger partial charge < -0.3 is 5.32 Å². The van der Waals surface area contributed by atoms with E-state index >= 15 is 0 Å². The number of benzene rings is 1. The maximum atomic E-state index is 11.9. The van der Waals surface area contributed by atoms with Crippen LogP contribution in [0.1, 0.15) is 11.1 Å². The monoisotopic (exact) mass is 295 g/mol. The highest BCUT2D eigenvalue weighted by Gasteiger charge is 2.07. The molecule has 0 atom stereocenters. The Bertz CT molecular complexity index is 596. The number of nitrogens with one attached hydrogen (secondary N) is 1. The van der Waals surface area contributed by atoms with Gasteiger partial charge in [-0.3, -0.25) is 4.79 Å². The van der Waals surface area contributed by atoms with Crippen molar-refractivity contribution in [1.29, 1.82) is 0 Å². The number of aromatic nitrogens is 2. The predicted octanol–water partition coefficient (Wildman–Crippen LogP) is 3.27. The second-order valence-electron chi connectivity index (χ2n) is 4.06. The van der Waals surface area contributed by atoms with E-state index in [9.17, 15) is 4.79 Å². The lowest BCUT2D eigenvalue weighted by molar-refractivity contribution is -0.115. The fourth-order valence-corrected chi connectivity index (χ4v) is 2.06. The minimum Gasteiger partial charge on any atom is -0.310 e. The molecule has 98 valence electrons. The van der Waals surface area contributed by atoms with E-state index in [0.717, 1.165) is 11.1 Å². The molecule has 0 unspecified atom stereocenters. The molecule has 1 amide bonds. The van der Waals surface area contributed by atoms with Crippen LogP contribution in [0.2, 0.25) is 10.4 Å². The summed E-state index contributed by atoms with van der Waals surface area (Å²) < 4.78 is 0. The van der Waals surface area contributed by atoms with Gasteiger partial charge in [0, 0.05) is 6.07 Å². The Labute approximate surface area is 120 Å². The number of anilines is 1. The molecule has 4 nitrogen and oxygen atoms in total. The maximum absolute atomic E-state index is 11.9. The van der Waals surface area contributed by atoms with E-state index in [4.69, 9.17) is 23.2 Å². The van der Waals surface area contributed by atoms with Crippen molar-refractivity contribution < 1.29 is 4.79 Å². The molecular formula is C13H11Cl2N3O. The Hall–Kier alpha value is -1.65. The number of hydrogen-bond acceptors (Lipinski definition) is 3. The van der Waals surface area contributed by atoms with Crippen molar-refractivity contribution in [3.8, 4) is 0 Å². The Morgan fingerprint density at radius 1 is 1.26 bits per heavy atom. The third-order valence-electron chi connectivity index (χ3n) is 2.38. The van der Waals surface area contributed by atoms with Crippen LogP contribution in [-0.4, -0.2) is 15.9 Å². The molecule has 0 bridgehead atoms. The van der Waals surface area contributed by atoms with Crippen molar-refractivity contribution in [2.75, 3.05) is 5.32 Å². The van der Waals surface area contributed by atoms with E-state index in [-0.39, 0.29) is 22.8 Å². The first-order valence-corrected chi connectivity index (χ1v) is 6.34. The Kier molecular flexibility index (Phi) is 4.35. The molecule has 19 heavy (non-hydrogen) atoms. The molecule has 0 aliphatic heterocycles. The molecule has 2 aromatic rings. The Balaban J connectivity index is 2.05. The Morgan fingerprint density at radius 3 is 2.74 bits per heavy atom. The number of carbonyl (C=O) groups excluding carboxylic acids is 1. The summed E-state index contributed by atoms with van der Waals surface area (Å²) >= 11 is 11.4. The number of halogens is 2. The second-order valence-corrected chi connectivity index (χ2v) is 4.78. The van der Waals surface area contributed by atoms with Crippen molar-refractivity contribution in [3.05, 3.63) is 51.9 Å². The van der Waals surface area contributed by atoms with Crippen LogP contribution in [0.4, 0.5) is 5.82 Å². The second kappa shape index (κ2) is 5.99. The van der Waals surface area contributed by atoms with Gasteiger partial charge in [0.05, 0.1) is 6.42 Å². The van der Waals surface area contributed by atoms with Crippen molar-refractivity contribution in [2.24, 2.45) is 0 Å². The summed E-state index contributed by atoms with van der Waals surface area (Å²) in [6.07, 6.45) is 0.265. The SMILES string of the molecule is Cc1cccc(CC(=O)Nc2cc(Cl)nc(Cl)n2)c1. The average Bonchev–Trinajstić information content (AvgIpc) is 2.26. The Morgan fingerprint density at radius 2 is 2.05 bits per heavy atom. The number of rotatable bonds is 3. The van der Waals surface area contributed by atoms with Gasteiger partial charge in [0.15, 0.2) is 0 Å². The van der Waals surface area contributed by atoms with Crippen LogP contribution in [-0.2, 0) is 11.2 Å². The number of hydrogen-bond donors (Lipinski definition) is 1. The van der Waals surface area contributed by atoms with Crippen LogP contribution in [0.15, 0.2) is 30.3 Å². The van der Waals surface area contributed by atoms with E-state index in [1.807, 2.05) is 31.2 Å². The zero-order chi connectivity index (χ0) is 13.8. The van der Waals surface area contributed by atoms with Crippen LogP contribution in [0.3, 0.4) is 0 Å². The summed E-state index contributed by atoms with van der Waals surface area (Å²) in [6.45, 7) is 1.98. The summed E-state index contributed by atoms with van der Waals surface area (Å²) in [7, 11) is 0. The van der Waals surface area contributed by atoms with E-state index < -0.39 is 0 Å². The van der Waals surface area contributed by atoms with E-state index in [0.29, 0.717) is 5.82 Å². The number of amides is 1. The zero-order valence-electron chi connectivity index (χ0n) is 10.2. The van der Waals surface area contributed by atoms with Crippen LogP contribution >= 0.6 is 23.2 Å². The van der Waals surface area contributed by atoms with E-state index in [1.54, 1.807) is 0 Å². The fraction of sp³-hybridized carbons (Fsp3) is 0.154. The summed E-state index contributed by atoms with van der Waals surface area (Å²) in [5.41, 5.74) is 2.04. The lowest BCUT2D eigenvalue weighted by Crippen LogP contribution is -2.15. The van der Waals surface area contributed by atoms with Gasteiger partial charge in [0.1, 0.15) is 11.0 Å². The first-order valence-electron chi connectivity index (χ1n) is 5.58. The van der Waals surface area contributed by atoms with Gasteiger partial charge in [0.2, 0.25) is 11.2 Å². The summed E-state index contributed by atoms with van der Waals surface area (Å²) in [5.74, 6) is 0.110. The zero-order valence-corrected chi connectivity index (χ0v) is 11.7. The molecule has 0 radical (unpaired) electrons. The molecule has 0 spiro atoms. The third kappa shape index (κ3) is 4.19. The molecule has 6 heteroatoms. The lowest BCUT2D eigenvalue weighted by atomic mass is 10.1. The average molecular weight is 296 g/mol. The molecule has 0 aliphatic rings. The van der Waals surface area contributed by atoms with Gasteiger partial charge in [-0.15, -0.1) is 0 Å². The number of carbonyl (C=O) groups is 1. The standard InChI is InChI=1S/C13H11Cl2N3O/c1-8-3-2-4-9(5-8)6-12(19)17-11-7-10(14)16-13(15)18-11/h2-5,7H,6H2,1H3,(H,16,17,18,19). The highest BCUT2D eigenvalue weighted by atomic mass is 35.5. The van der Waals surface area contributed by atoms with Crippen molar-refractivity contribution in [2.45, 2.75) is 13.3 Å². The van der Waals surface area contributed by atoms with E-state index in [2.05, 4.69) is 15.3 Å². The first kappa shape index (κ1) is 13.8. The number of aryl methyl sites for hydroxylation is 1. The van der Waals surface area contributed by atoms with Gasteiger partial charge in [-0.05, 0) is 24.1 Å². The van der Waals surface area contributed by atoms with Gasteiger partial charge in [0.25, 0.3) is 0 Å². The highest BCUT2D eigenvalue weighted by Crippen LogP contribution is 2.14. The van der Waals surface area contributed by atoms with Gasteiger partial charge in [-0.1, -0.05) is 41.4 Å². The van der Waals surface area contributed by atoms with Crippen LogP contribution in [0.5, 0.6) is 0 Å². The van der Waals surface area contributed by atoms with Crippen LogP contribution in [0, 0.1) is 6.92 Å². The lowest BCUT2D eigenvalue weighted by Gasteiger charge is -2.05. The molecular weight excluding hydrogens is 285 g/mol. The summed E-state index contributed by atoms with van der Waals surface area (Å²) in [4.78, 5) is 19.4. The van der Waals surface area contributed by atoms with Crippen LogP contribution < -0.4 is 5.32 Å². The number of nitrogens with zero attached hydrogens (tertiary/aromatic N) is 2. The molecule has 2 rings (SSSR count). The maximum Gasteiger partial charge on any atom is 0.229 e. The quantitative estimate of drug-likeness (QED) is 0.698. The molecule has 1 heterocycles. The molecule has 0 saturated heterocycles. The third-order valence-corrected chi connectivity index (χ3v) is 2.74. The minimum atomic E-state index is -0.184. The summed E-state index contributed by atoms with van der Waals surface area (Å²) in [6, 6.07) is 9.19.